The quantitative estimate of drug-likeness (QED) is 0.908. The lowest BCUT2D eigenvalue weighted by Gasteiger charge is -2.25. The first-order chi connectivity index (χ1) is 10.8. The molecule has 1 amide bonds. The molecule has 1 N–H and O–H groups in total. The van der Waals surface area contributed by atoms with Crippen molar-refractivity contribution in [3.63, 3.8) is 0 Å². The molecule has 0 atom stereocenters. The largest absolute Gasteiger partial charge is 0.495 e. The van der Waals surface area contributed by atoms with E-state index in [0.29, 0.717) is 17.2 Å². The summed E-state index contributed by atoms with van der Waals surface area (Å²) in [6.07, 6.45) is 0. The molecule has 4 nitrogen and oxygen atoms in total. The van der Waals surface area contributed by atoms with Crippen LogP contribution in [0.15, 0.2) is 42.5 Å². The molecule has 0 saturated heterocycles. The Labute approximate surface area is 135 Å². The third kappa shape index (κ3) is 4.22. The van der Waals surface area contributed by atoms with Gasteiger partial charge in [-0.25, -0.2) is 4.39 Å². The third-order valence-corrected chi connectivity index (χ3v) is 3.34. The lowest BCUT2D eigenvalue weighted by atomic mass is 10.1. The van der Waals surface area contributed by atoms with Crippen molar-refractivity contribution in [3.05, 3.63) is 53.8 Å². The topological polar surface area (TPSA) is 47.6 Å². The number of anilines is 1. The number of benzene rings is 2. The van der Waals surface area contributed by atoms with E-state index in [9.17, 15) is 9.18 Å². The maximum Gasteiger partial charge on any atom is 0.268 e. The molecule has 0 spiro atoms. The van der Waals surface area contributed by atoms with Gasteiger partial charge in [0.05, 0.1) is 12.8 Å². The van der Waals surface area contributed by atoms with Crippen molar-refractivity contribution in [2.75, 3.05) is 12.4 Å². The van der Waals surface area contributed by atoms with Gasteiger partial charge >= 0.3 is 0 Å². The normalized spacial score (nSPS) is 11.0. The maximum absolute atomic E-state index is 12.9. The molecule has 2 rings (SSSR count). The minimum Gasteiger partial charge on any atom is -0.495 e. The van der Waals surface area contributed by atoms with Gasteiger partial charge in [-0.15, -0.1) is 0 Å². The number of aryl methyl sites for hydroxylation is 1. The number of carbonyl (C=O) groups excluding carboxylic acids is 1. The molecule has 0 aliphatic heterocycles. The smallest absolute Gasteiger partial charge is 0.268 e. The Hall–Kier alpha value is -2.56. The summed E-state index contributed by atoms with van der Waals surface area (Å²) >= 11 is 0. The number of rotatable bonds is 5. The Morgan fingerprint density at radius 1 is 1.13 bits per heavy atom. The predicted molar refractivity (Wildman–Crippen MR) is 87.5 cm³/mol. The Morgan fingerprint density at radius 3 is 2.39 bits per heavy atom. The SMILES string of the molecule is COc1ccc(C)cc1NC(=O)C(C)(C)Oc1ccc(F)cc1. The molecule has 0 bridgehead atoms. The van der Waals surface area contributed by atoms with Crippen LogP contribution in [0.2, 0.25) is 0 Å². The molecule has 0 aromatic heterocycles. The third-order valence-electron chi connectivity index (χ3n) is 3.34. The van der Waals surface area contributed by atoms with Crippen molar-refractivity contribution in [3.8, 4) is 11.5 Å². The Kier molecular flexibility index (Phi) is 4.89. The van der Waals surface area contributed by atoms with Crippen molar-refractivity contribution < 1.29 is 18.7 Å². The van der Waals surface area contributed by atoms with Gasteiger partial charge in [0, 0.05) is 0 Å². The van der Waals surface area contributed by atoms with Crippen LogP contribution < -0.4 is 14.8 Å². The zero-order valence-electron chi connectivity index (χ0n) is 13.6. The number of ether oxygens (including phenoxy) is 2. The van der Waals surface area contributed by atoms with E-state index in [0.717, 1.165) is 5.56 Å². The van der Waals surface area contributed by atoms with Crippen molar-refractivity contribution in [1.82, 2.24) is 0 Å². The number of nitrogens with one attached hydrogen (secondary N) is 1. The highest BCUT2D eigenvalue weighted by atomic mass is 19.1. The molecule has 0 unspecified atom stereocenters. The van der Waals surface area contributed by atoms with Gasteiger partial charge in [-0.05, 0) is 62.7 Å². The number of hydrogen-bond acceptors (Lipinski definition) is 3. The average Bonchev–Trinajstić information content (AvgIpc) is 2.49. The van der Waals surface area contributed by atoms with Crippen molar-refractivity contribution in [2.24, 2.45) is 0 Å². The van der Waals surface area contributed by atoms with Gasteiger partial charge in [-0.1, -0.05) is 6.07 Å². The van der Waals surface area contributed by atoms with E-state index in [1.807, 2.05) is 19.1 Å². The summed E-state index contributed by atoms with van der Waals surface area (Å²) in [5.74, 6) is 0.305. The summed E-state index contributed by atoms with van der Waals surface area (Å²) in [6.45, 7) is 5.22. The fourth-order valence-electron chi connectivity index (χ4n) is 2.04. The second-order valence-electron chi connectivity index (χ2n) is 5.72. The van der Waals surface area contributed by atoms with Crippen molar-refractivity contribution >= 4 is 11.6 Å². The molecule has 2 aromatic rings. The zero-order chi connectivity index (χ0) is 17.0. The molecule has 5 heteroatoms. The minimum absolute atomic E-state index is 0.328. The first-order valence-electron chi connectivity index (χ1n) is 7.22. The maximum atomic E-state index is 12.9. The molecule has 122 valence electrons. The van der Waals surface area contributed by atoms with E-state index >= 15 is 0 Å². The molecule has 2 aromatic carbocycles. The summed E-state index contributed by atoms with van der Waals surface area (Å²) in [7, 11) is 1.54. The van der Waals surface area contributed by atoms with Crippen molar-refractivity contribution in [1.29, 1.82) is 0 Å². The highest BCUT2D eigenvalue weighted by Crippen LogP contribution is 2.27. The van der Waals surface area contributed by atoms with Gasteiger partial charge in [0.1, 0.15) is 17.3 Å². The molecular weight excluding hydrogens is 297 g/mol. The number of carbonyl (C=O) groups is 1. The fourth-order valence-corrected chi connectivity index (χ4v) is 2.04. The van der Waals surface area contributed by atoms with Crippen LogP contribution in [0.1, 0.15) is 19.4 Å². The average molecular weight is 317 g/mol. The summed E-state index contributed by atoms with van der Waals surface area (Å²) in [5, 5.41) is 2.81. The predicted octanol–water partition coefficient (Wildman–Crippen LogP) is 3.94. The number of halogens is 1. The Bertz CT molecular complexity index is 696. The molecular formula is C18H20FNO3. The number of hydrogen-bond donors (Lipinski definition) is 1. The summed E-state index contributed by atoms with van der Waals surface area (Å²) in [6, 6.07) is 11.0. The second kappa shape index (κ2) is 6.69. The van der Waals surface area contributed by atoms with Crippen LogP contribution >= 0.6 is 0 Å². The van der Waals surface area contributed by atoms with E-state index in [1.165, 1.54) is 24.3 Å². The van der Waals surface area contributed by atoms with E-state index in [-0.39, 0.29) is 11.7 Å². The standard InChI is InChI=1S/C18H20FNO3/c1-12-5-10-16(22-4)15(11-12)20-17(21)18(2,3)23-14-8-6-13(19)7-9-14/h5-11H,1-4H3,(H,20,21). The first kappa shape index (κ1) is 16.8. The van der Waals surface area contributed by atoms with Crippen molar-refractivity contribution in [2.45, 2.75) is 26.4 Å². The van der Waals surface area contributed by atoms with Gasteiger partial charge in [0.25, 0.3) is 5.91 Å². The van der Waals surface area contributed by atoms with E-state index in [1.54, 1.807) is 27.0 Å². The second-order valence-corrected chi connectivity index (χ2v) is 5.72. The van der Waals surface area contributed by atoms with Crippen LogP contribution in [0.25, 0.3) is 0 Å². The van der Waals surface area contributed by atoms with Gasteiger partial charge < -0.3 is 14.8 Å². The molecule has 0 heterocycles. The van der Waals surface area contributed by atoms with Gasteiger partial charge in [-0.3, -0.25) is 4.79 Å². The lowest BCUT2D eigenvalue weighted by molar-refractivity contribution is -0.128. The summed E-state index contributed by atoms with van der Waals surface area (Å²) in [4.78, 5) is 12.5. The fraction of sp³-hybridized carbons (Fsp3) is 0.278. The Morgan fingerprint density at radius 2 is 1.78 bits per heavy atom. The monoisotopic (exact) mass is 317 g/mol. The van der Waals surface area contributed by atoms with Crippen LogP contribution in [0.5, 0.6) is 11.5 Å². The van der Waals surface area contributed by atoms with Crippen LogP contribution in [0.3, 0.4) is 0 Å². The zero-order valence-corrected chi connectivity index (χ0v) is 13.6. The van der Waals surface area contributed by atoms with Gasteiger partial charge in [-0.2, -0.15) is 0 Å². The van der Waals surface area contributed by atoms with Gasteiger partial charge in [0.2, 0.25) is 0 Å². The van der Waals surface area contributed by atoms with Crippen LogP contribution in [0, 0.1) is 12.7 Å². The molecule has 0 aliphatic rings. The first-order valence-corrected chi connectivity index (χ1v) is 7.22. The lowest BCUT2D eigenvalue weighted by Crippen LogP contribution is -2.42. The molecule has 0 aliphatic carbocycles. The molecule has 0 saturated carbocycles. The molecule has 0 fully saturated rings. The van der Waals surface area contributed by atoms with Crippen LogP contribution in [-0.4, -0.2) is 18.6 Å². The number of methoxy groups -OCH3 is 1. The highest BCUT2D eigenvalue weighted by Gasteiger charge is 2.30. The van der Waals surface area contributed by atoms with Crippen LogP contribution in [-0.2, 0) is 4.79 Å². The van der Waals surface area contributed by atoms with Crippen LogP contribution in [0.4, 0.5) is 10.1 Å². The van der Waals surface area contributed by atoms with E-state index in [2.05, 4.69) is 5.32 Å². The molecule has 0 radical (unpaired) electrons. The minimum atomic E-state index is -1.13. The number of amides is 1. The van der Waals surface area contributed by atoms with Gasteiger partial charge in [0.15, 0.2) is 5.60 Å². The van der Waals surface area contributed by atoms with E-state index < -0.39 is 5.60 Å². The summed E-state index contributed by atoms with van der Waals surface area (Å²) < 4.78 is 23.9. The molecule has 23 heavy (non-hydrogen) atoms. The Balaban J connectivity index is 2.15. The highest BCUT2D eigenvalue weighted by molar-refractivity contribution is 5.98. The van der Waals surface area contributed by atoms with E-state index in [4.69, 9.17) is 9.47 Å². The summed E-state index contributed by atoms with van der Waals surface area (Å²) in [5.41, 5.74) is 0.443.